The first-order valence-corrected chi connectivity index (χ1v) is 14.0. The molecule has 1 spiro atoms. The Morgan fingerprint density at radius 2 is 1.60 bits per heavy atom. The molecule has 2 aromatic rings. The number of carbonyl (C=O) groups is 3. The summed E-state index contributed by atoms with van der Waals surface area (Å²) in [7, 11) is 3.18. The molecule has 40 heavy (non-hydrogen) atoms. The second kappa shape index (κ2) is 10.6. The van der Waals surface area contributed by atoms with Crippen LogP contribution in [0.2, 0.25) is 0 Å². The number of hydrogen-bond donors (Lipinski definition) is 2. The Bertz CT molecular complexity index is 1300. The Morgan fingerprint density at radius 3 is 2.25 bits per heavy atom. The summed E-state index contributed by atoms with van der Waals surface area (Å²) in [5.74, 6) is -0.961. The SMILES string of the molecule is COc1ccc(CN2C(=O)[C@H]3C(C(=O)Nc4ccc(OC)cc4)[C@H]4C=CC3(O4)C2C(=O)NC2CCCCC2)cc1. The van der Waals surface area contributed by atoms with Gasteiger partial charge in [-0.25, -0.2) is 0 Å². The third-order valence-electron chi connectivity index (χ3n) is 8.75. The molecule has 2 saturated heterocycles. The number of nitrogens with zero attached hydrogens (tertiary/aromatic N) is 1. The van der Waals surface area contributed by atoms with Crippen LogP contribution >= 0.6 is 0 Å². The van der Waals surface area contributed by atoms with Gasteiger partial charge in [-0.2, -0.15) is 0 Å². The topological polar surface area (TPSA) is 106 Å². The number of anilines is 1. The summed E-state index contributed by atoms with van der Waals surface area (Å²) in [5.41, 5.74) is 0.256. The van der Waals surface area contributed by atoms with Crippen LogP contribution in [0.25, 0.3) is 0 Å². The lowest BCUT2D eigenvalue weighted by atomic mass is 9.74. The number of rotatable bonds is 8. The number of benzene rings is 2. The van der Waals surface area contributed by atoms with E-state index in [4.69, 9.17) is 14.2 Å². The van der Waals surface area contributed by atoms with Crippen molar-refractivity contribution >= 4 is 23.4 Å². The van der Waals surface area contributed by atoms with E-state index in [1.807, 2.05) is 36.4 Å². The van der Waals surface area contributed by atoms with Crippen molar-refractivity contribution in [2.45, 2.75) is 62.4 Å². The molecule has 0 radical (unpaired) electrons. The van der Waals surface area contributed by atoms with Gasteiger partial charge in [0.25, 0.3) is 0 Å². The summed E-state index contributed by atoms with van der Waals surface area (Å²) in [6, 6.07) is 13.7. The van der Waals surface area contributed by atoms with Gasteiger partial charge in [-0.3, -0.25) is 14.4 Å². The zero-order chi connectivity index (χ0) is 27.9. The van der Waals surface area contributed by atoms with Gasteiger partial charge in [0.2, 0.25) is 17.7 Å². The smallest absolute Gasteiger partial charge is 0.246 e. The van der Waals surface area contributed by atoms with Crippen molar-refractivity contribution < 1.29 is 28.6 Å². The molecule has 3 fully saturated rings. The van der Waals surface area contributed by atoms with Crippen molar-refractivity contribution in [2.75, 3.05) is 19.5 Å². The van der Waals surface area contributed by atoms with E-state index in [0.29, 0.717) is 17.2 Å². The summed E-state index contributed by atoms with van der Waals surface area (Å²) >= 11 is 0. The van der Waals surface area contributed by atoms with Gasteiger partial charge in [0, 0.05) is 18.3 Å². The minimum absolute atomic E-state index is 0.0754. The van der Waals surface area contributed by atoms with Crippen molar-refractivity contribution in [3.8, 4) is 11.5 Å². The van der Waals surface area contributed by atoms with Gasteiger partial charge in [0.05, 0.1) is 32.2 Å². The van der Waals surface area contributed by atoms with E-state index in [9.17, 15) is 14.4 Å². The van der Waals surface area contributed by atoms with E-state index in [1.165, 1.54) is 6.42 Å². The fraction of sp³-hybridized carbons (Fsp3) is 0.452. The van der Waals surface area contributed by atoms with Gasteiger partial charge < -0.3 is 29.7 Å². The molecule has 3 amide bonds. The molecule has 3 heterocycles. The van der Waals surface area contributed by atoms with E-state index in [2.05, 4.69) is 10.6 Å². The second-order valence-corrected chi connectivity index (χ2v) is 11.1. The molecular weight excluding hydrogens is 510 g/mol. The summed E-state index contributed by atoms with van der Waals surface area (Å²) in [5, 5.41) is 6.16. The Kier molecular flexibility index (Phi) is 7.00. The molecule has 1 aliphatic carbocycles. The maximum absolute atomic E-state index is 14.2. The Balaban J connectivity index is 1.30. The lowest BCUT2D eigenvalue weighted by Crippen LogP contribution is -2.56. The van der Waals surface area contributed by atoms with Crippen molar-refractivity contribution in [2.24, 2.45) is 11.8 Å². The Hall–Kier alpha value is -3.85. The maximum Gasteiger partial charge on any atom is 0.246 e. The van der Waals surface area contributed by atoms with E-state index in [-0.39, 0.29) is 30.3 Å². The first-order valence-electron chi connectivity index (χ1n) is 14.0. The lowest BCUT2D eigenvalue weighted by molar-refractivity contribution is -0.142. The molecule has 9 nitrogen and oxygen atoms in total. The molecule has 9 heteroatoms. The number of methoxy groups -OCH3 is 2. The van der Waals surface area contributed by atoms with Crippen LogP contribution in [-0.2, 0) is 25.7 Å². The molecule has 2 aromatic carbocycles. The predicted octanol–water partition coefficient (Wildman–Crippen LogP) is 3.44. The van der Waals surface area contributed by atoms with Crippen LogP contribution in [0.5, 0.6) is 11.5 Å². The molecule has 1 saturated carbocycles. The van der Waals surface area contributed by atoms with Crippen LogP contribution in [0.4, 0.5) is 5.69 Å². The molecule has 6 rings (SSSR count). The van der Waals surface area contributed by atoms with Crippen molar-refractivity contribution in [3.05, 3.63) is 66.2 Å². The molecule has 5 atom stereocenters. The van der Waals surface area contributed by atoms with Crippen molar-refractivity contribution in [3.63, 3.8) is 0 Å². The minimum atomic E-state index is -1.20. The van der Waals surface area contributed by atoms with Gasteiger partial charge in [-0.05, 0) is 54.8 Å². The van der Waals surface area contributed by atoms with Gasteiger partial charge in [-0.15, -0.1) is 0 Å². The molecular formula is C31H35N3O6. The van der Waals surface area contributed by atoms with Crippen LogP contribution < -0.4 is 20.1 Å². The highest BCUT2D eigenvalue weighted by molar-refractivity contribution is 6.02. The number of carbonyl (C=O) groups excluding carboxylic acids is 3. The van der Waals surface area contributed by atoms with Crippen molar-refractivity contribution in [1.29, 1.82) is 0 Å². The highest BCUT2D eigenvalue weighted by atomic mass is 16.5. The van der Waals surface area contributed by atoms with E-state index >= 15 is 0 Å². The third kappa shape index (κ3) is 4.52. The fourth-order valence-corrected chi connectivity index (χ4v) is 6.79. The Labute approximate surface area is 233 Å². The third-order valence-corrected chi connectivity index (χ3v) is 8.75. The normalized spacial score (nSPS) is 28.9. The highest BCUT2D eigenvalue weighted by Crippen LogP contribution is 2.55. The monoisotopic (exact) mass is 545 g/mol. The lowest BCUT2D eigenvalue weighted by Gasteiger charge is -2.34. The molecule has 210 valence electrons. The molecule has 4 aliphatic rings. The number of likely N-dealkylation sites (tertiary alicyclic amines) is 1. The number of fused-ring (bicyclic) bond motifs is 1. The minimum Gasteiger partial charge on any atom is -0.497 e. The van der Waals surface area contributed by atoms with E-state index < -0.39 is 29.6 Å². The van der Waals surface area contributed by atoms with Gasteiger partial charge in [0.1, 0.15) is 23.1 Å². The second-order valence-electron chi connectivity index (χ2n) is 11.1. The van der Waals surface area contributed by atoms with E-state index in [1.54, 1.807) is 43.4 Å². The van der Waals surface area contributed by atoms with Gasteiger partial charge >= 0.3 is 0 Å². The van der Waals surface area contributed by atoms with Crippen LogP contribution in [0.1, 0.15) is 37.7 Å². The first kappa shape index (κ1) is 26.4. The van der Waals surface area contributed by atoms with Crippen LogP contribution in [0.3, 0.4) is 0 Å². The first-order chi connectivity index (χ1) is 19.4. The fourth-order valence-electron chi connectivity index (χ4n) is 6.79. The number of nitrogens with one attached hydrogen (secondary N) is 2. The summed E-state index contributed by atoms with van der Waals surface area (Å²) in [6.07, 6.45) is 8.26. The standard InChI is InChI=1S/C31H35N3O6/c1-38-22-12-8-19(9-13-22)18-34-27(29(36)33-20-6-4-3-5-7-20)31-17-16-24(40-31)25(26(31)30(34)37)28(35)32-21-10-14-23(39-2)15-11-21/h8-17,20,24-27H,3-7,18H2,1-2H3,(H,32,35)(H,33,36)/t24-,25?,26-,27?,31?/m1/s1. The average molecular weight is 546 g/mol. The van der Waals surface area contributed by atoms with Crippen LogP contribution in [-0.4, -0.2) is 60.6 Å². The van der Waals surface area contributed by atoms with E-state index in [0.717, 1.165) is 31.2 Å². The van der Waals surface area contributed by atoms with Crippen LogP contribution in [0.15, 0.2) is 60.7 Å². The molecule has 2 bridgehead atoms. The van der Waals surface area contributed by atoms with Gasteiger partial charge in [-0.1, -0.05) is 43.5 Å². The quantitative estimate of drug-likeness (QED) is 0.493. The molecule has 2 N–H and O–H groups in total. The zero-order valence-corrected chi connectivity index (χ0v) is 22.8. The molecule has 3 aliphatic heterocycles. The maximum atomic E-state index is 14.2. The summed E-state index contributed by atoms with van der Waals surface area (Å²) in [4.78, 5) is 43.4. The van der Waals surface area contributed by atoms with Gasteiger partial charge in [0.15, 0.2) is 0 Å². The average Bonchev–Trinajstić information content (AvgIpc) is 3.62. The Morgan fingerprint density at radius 1 is 0.950 bits per heavy atom. The number of hydrogen-bond acceptors (Lipinski definition) is 6. The number of amides is 3. The highest BCUT2D eigenvalue weighted by Gasteiger charge is 2.72. The molecule has 3 unspecified atom stereocenters. The molecule has 0 aromatic heterocycles. The number of ether oxygens (including phenoxy) is 3. The summed E-state index contributed by atoms with van der Waals surface area (Å²) in [6.45, 7) is 0.221. The predicted molar refractivity (Wildman–Crippen MR) is 148 cm³/mol. The zero-order valence-electron chi connectivity index (χ0n) is 22.8. The van der Waals surface area contributed by atoms with Crippen molar-refractivity contribution in [1.82, 2.24) is 10.2 Å². The van der Waals surface area contributed by atoms with Crippen LogP contribution in [0, 0.1) is 11.8 Å². The largest absolute Gasteiger partial charge is 0.497 e. The summed E-state index contributed by atoms with van der Waals surface area (Å²) < 4.78 is 16.9.